The summed E-state index contributed by atoms with van der Waals surface area (Å²) in [5.41, 5.74) is -0.609. The number of nitrogens with zero attached hydrogens (tertiary/aromatic N) is 1. The van der Waals surface area contributed by atoms with E-state index in [2.05, 4.69) is 0 Å². The molecule has 1 N–H and O–H groups in total. The van der Waals surface area contributed by atoms with E-state index in [1.165, 1.54) is 43.0 Å². The van der Waals surface area contributed by atoms with Gasteiger partial charge in [-0.3, -0.25) is 4.79 Å². The highest BCUT2D eigenvalue weighted by Gasteiger charge is 2.55. The van der Waals surface area contributed by atoms with Gasteiger partial charge in [0, 0.05) is 12.1 Å². The van der Waals surface area contributed by atoms with Crippen molar-refractivity contribution in [2.24, 2.45) is 5.92 Å². The van der Waals surface area contributed by atoms with Crippen molar-refractivity contribution < 1.29 is 27.9 Å². The summed E-state index contributed by atoms with van der Waals surface area (Å²) in [5, 5.41) is 8.82. The van der Waals surface area contributed by atoms with Gasteiger partial charge >= 0.3 is 12.1 Å². The zero-order valence-corrected chi connectivity index (χ0v) is 12.9. The third-order valence-corrected chi connectivity index (χ3v) is 4.44. The summed E-state index contributed by atoms with van der Waals surface area (Å²) in [6.07, 6.45) is -4.48. The fraction of sp³-hybridized carbons (Fsp3) is 0.500. The minimum atomic E-state index is -4.33. The molecule has 23 heavy (non-hydrogen) atoms. The number of benzene rings is 1. The summed E-state index contributed by atoms with van der Waals surface area (Å²) in [4.78, 5) is 24.4. The first kappa shape index (κ1) is 17.3. The first-order valence-electron chi connectivity index (χ1n) is 7.23. The van der Waals surface area contributed by atoms with Crippen molar-refractivity contribution in [2.75, 3.05) is 6.54 Å². The molecule has 7 heteroatoms. The second-order valence-electron chi connectivity index (χ2n) is 6.26. The number of rotatable bonds is 3. The first-order chi connectivity index (χ1) is 10.5. The molecule has 1 aliphatic rings. The number of hydrogen-bond acceptors (Lipinski definition) is 2. The second-order valence-corrected chi connectivity index (χ2v) is 6.26. The van der Waals surface area contributed by atoms with E-state index in [-0.39, 0.29) is 30.9 Å². The standard InChI is InChI=1S/C16H18F3NO3/c1-15(2)12(16(17,18)19)7-8-20(15)13(21)9-10-3-5-11(6-4-10)14(22)23/h3-6,12H,7-9H2,1-2H3,(H,22,23). The van der Waals surface area contributed by atoms with Crippen LogP contribution in [0.5, 0.6) is 0 Å². The number of halogens is 3. The van der Waals surface area contributed by atoms with E-state index >= 15 is 0 Å². The topological polar surface area (TPSA) is 57.6 Å². The van der Waals surface area contributed by atoms with E-state index in [1.807, 2.05) is 0 Å². The lowest BCUT2D eigenvalue weighted by molar-refractivity contribution is -0.192. The number of carbonyl (C=O) groups excluding carboxylic acids is 1. The summed E-state index contributed by atoms with van der Waals surface area (Å²) in [6.45, 7) is 2.94. The van der Waals surface area contributed by atoms with E-state index in [1.54, 1.807) is 0 Å². The SMILES string of the molecule is CC1(C)C(C(F)(F)F)CCN1C(=O)Cc1ccc(C(=O)O)cc1. The molecule has 1 aliphatic heterocycles. The van der Waals surface area contributed by atoms with E-state index < -0.39 is 23.6 Å². The number of carboxylic acid groups (broad SMARTS) is 1. The van der Waals surface area contributed by atoms with Crippen LogP contribution in [-0.2, 0) is 11.2 Å². The lowest BCUT2D eigenvalue weighted by Crippen LogP contribution is -2.50. The van der Waals surface area contributed by atoms with Gasteiger partial charge in [-0.05, 0) is 38.0 Å². The van der Waals surface area contributed by atoms with Gasteiger partial charge in [-0.1, -0.05) is 12.1 Å². The van der Waals surface area contributed by atoms with Crippen molar-refractivity contribution in [3.8, 4) is 0 Å². The zero-order valence-electron chi connectivity index (χ0n) is 12.9. The van der Waals surface area contributed by atoms with Crippen LogP contribution < -0.4 is 0 Å². The van der Waals surface area contributed by atoms with Gasteiger partial charge in [0.2, 0.25) is 5.91 Å². The smallest absolute Gasteiger partial charge is 0.394 e. The van der Waals surface area contributed by atoms with Crippen molar-refractivity contribution >= 4 is 11.9 Å². The highest BCUT2D eigenvalue weighted by Crippen LogP contribution is 2.44. The van der Waals surface area contributed by atoms with Crippen molar-refractivity contribution in [1.29, 1.82) is 0 Å². The third kappa shape index (κ3) is 3.48. The van der Waals surface area contributed by atoms with Gasteiger partial charge in [0.1, 0.15) is 0 Å². The Hall–Kier alpha value is -2.05. The minimum Gasteiger partial charge on any atom is -0.478 e. The predicted octanol–water partition coefficient (Wildman–Crippen LogP) is 3.12. The average Bonchev–Trinajstić information content (AvgIpc) is 2.74. The molecule has 1 aromatic carbocycles. The van der Waals surface area contributed by atoms with Gasteiger partial charge in [0.05, 0.1) is 17.9 Å². The van der Waals surface area contributed by atoms with Crippen LogP contribution in [0.25, 0.3) is 0 Å². The summed E-state index contributed by atoms with van der Waals surface area (Å²) in [7, 11) is 0. The molecule has 1 unspecified atom stereocenters. The Labute approximate surface area is 131 Å². The van der Waals surface area contributed by atoms with Crippen molar-refractivity contribution in [1.82, 2.24) is 4.90 Å². The van der Waals surface area contributed by atoms with Crippen molar-refractivity contribution in [3.05, 3.63) is 35.4 Å². The van der Waals surface area contributed by atoms with E-state index in [9.17, 15) is 22.8 Å². The van der Waals surface area contributed by atoms with Crippen LogP contribution >= 0.6 is 0 Å². The third-order valence-electron chi connectivity index (χ3n) is 4.44. The molecule has 0 spiro atoms. The molecule has 1 atom stereocenters. The molecular weight excluding hydrogens is 311 g/mol. The Morgan fingerprint density at radius 3 is 2.26 bits per heavy atom. The van der Waals surface area contributed by atoms with E-state index in [4.69, 9.17) is 5.11 Å². The summed E-state index contributed by atoms with van der Waals surface area (Å²) < 4.78 is 39.1. The predicted molar refractivity (Wildman–Crippen MR) is 77.1 cm³/mol. The van der Waals surface area contributed by atoms with Crippen LogP contribution in [0.4, 0.5) is 13.2 Å². The number of hydrogen-bond donors (Lipinski definition) is 1. The number of carboxylic acids is 1. The fourth-order valence-corrected chi connectivity index (χ4v) is 3.13. The molecule has 0 saturated carbocycles. The lowest BCUT2D eigenvalue weighted by atomic mass is 9.87. The molecule has 1 amide bonds. The van der Waals surface area contributed by atoms with Gasteiger partial charge in [-0.25, -0.2) is 4.79 Å². The normalized spacial score (nSPS) is 20.6. The van der Waals surface area contributed by atoms with E-state index in [0.29, 0.717) is 5.56 Å². The van der Waals surface area contributed by atoms with Crippen LogP contribution in [0.1, 0.15) is 36.2 Å². The maximum Gasteiger partial charge on any atom is 0.394 e. The molecule has 1 aromatic rings. The molecule has 1 heterocycles. The number of alkyl halides is 3. The van der Waals surface area contributed by atoms with Gasteiger partial charge < -0.3 is 10.0 Å². The number of carbonyl (C=O) groups is 2. The zero-order chi connectivity index (χ0) is 17.4. The van der Waals surface area contributed by atoms with Gasteiger partial charge in [0.25, 0.3) is 0 Å². The molecule has 1 saturated heterocycles. The summed E-state index contributed by atoms with van der Waals surface area (Å²) in [5.74, 6) is -2.99. The largest absolute Gasteiger partial charge is 0.478 e. The Balaban J connectivity index is 2.11. The van der Waals surface area contributed by atoms with Crippen molar-refractivity contribution in [2.45, 2.75) is 38.4 Å². The molecule has 0 aromatic heterocycles. The molecule has 0 radical (unpaired) electrons. The Bertz CT molecular complexity index is 608. The van der Waals surface area contributed by atoms with Crippen LogP contribution in [0, 0.1) is 5.92 Å². The van der Waals surface area contributed by atoms with Gasteiger partial charge in [-0.15, -0.1) is 0 Å². The number of aromatic carboxylic acids is 1. The molecule has 0 aliphatic carbocycles. The number of amides is 1. The molecule has 0 bridgehead atoms. The van der Waals surface area contributed by atoms with Crippen molar-refractivity contribution in [3.63, 3.8) is 0 Å². The minimum absolute atomic E-state index is 0.0477. The highest BCUT2D eigenvalue weighted by atomic mass is 19.4. The average molecular weight is 329 g/mol. The molecule has 126 valence electrons. The van der Waals surface area contributed by atoms with Crippen LogP contribution in [0.2, 0.25) is 0 Å². The van der Waals surface area contributed by atoms with Crippen LogP contribution in [0.3, 0.4) is 0 Å². The van der Waals surface area contributed by atoms with Gasteiger partial charge in [-0.2, -0.15) is 13.2 Å². The molecule has 4 nitrogen and oxygen atoms in total. The maximum absolute atomic E-state index is 13.0. The Kier molecular flexibility index (Phi) is 4.41. The Morgan fingerprint density at radius 1 is 1.26 bits per heavy atom. The lowest BCUT2D eigenvalue weighted by Gasteiger charge is -2.36. The number of likely N-dealkylation sites (tertiary alicyclic amines) is 1. The monoisotopic (exact) mass is 329 g/mol. The van der Waals surface area contributed by atoms with E-state index in [0.717, 1.165) is 0 Å². The summed E-state index contributed by atoms with van der Waals surface area (Å²) >= 11 is 0. The molecule has 2 rings (SSSR count). The van der Waals surface area contributed by atoms with Gasteiger partial charge in [0.15, 0.2) is 0 Å². The molecule has 1 fully saturated rings. The first-order valence-corrected chi connectivity index (χ1v) is 7.23. The Morgan fingerprint density at radius 2 is 1.83 bits per heavy atom. The fourth-order valence-electron chi connectivity index (χ4n) is 3.13. The molecular formula is C16H18F3NO3. The quantitative estimate of drug-likeness (QED) is 0.927. The summed E-state index contributed by atoms with van der Waals surface area (Å²) in [6, 6.07) is 5.76. The highest BCUT2D eigenvalue weighted by molar-refractivity contribution is 5.87. The van der Waals surface area contributed by atoms with Crippen LogP contribution in [-0.4, -0.2) is 40.1 Å². The second kappa shape index (κ2) is 5.86. The maximum atomic E-state index is 13.0. The van der Waals surface area contributed by atoms with Crippen LogP contribution in [0.15, 0.2) is 24.3 Å².